The molecule has 0 heterocycles. The highest BCUT2D eigenvalue weighted by Crippen LogP contribution is 1.99. The van der Waals surface area contributed by atoms with Crippen molar-refractivity contribution in [3.05, 3.63) is 0 Å². The van der Waals surface area contributed by atoms with Crippen molar-refractivity contribution in [3.63, 3.8) is 0 Å². The number of aliphatic hydroxyl groups excluding tert-OH is 1. The minimum atomic E-state index is 0.176. The van der Waals surface area contributed by atoms with Gasteiger partial charge >= 0.3 is 0 Å². The summed E-state index contributed by atoms with van der Waals surface area (Å²) in [5.74, 6) is 0.176. The number of hydrogen-bond donors (Lipinski definition) is 2. The van der Waals surface area contributed by atoms with Gasteiger partial charge in [-0.15, -0.1) is 0 Å². The van der Waals surface area contributed by atoms with Crippen LogP contribution in [0.2, 0.25) is 0 Å². The fourth-order valence-corrected chi connectivity index (χ4v) is 1.20. The zero-order valence-corrected chi connectivity index (χ0v) is 9.25. The molecule has 0 rings (SSSR count). The molecular weight excluding hydrogens is 180 g/mol. The summed E-state index contributed by atoms with van der Waals surface area (Å²) in [6.45, 7) is 1.92. The number of rotatable bonds is 8. The number of nitrogens with one attached hydrogen (secondary N) is 1. The summed E-state index contributed by atoms with van der Waals surface area (Å²) < 4.78 is 0. The zero-order valence-electron chi connectivity index (χ0n) is 9.25. The summed E-state index contributed by atoms with van der Waals surface area (Å²) in [6.07, 6.45) is 3.04. The van der Waals surface area contributed by atoms with Crippen LogP contribution in [0.4, 0.5) is 0 Å². The second kappa shape index (κ2) is 8.97. The smallest absolute Gasteiger partial charge is 0.222 e. The minimum Gasteiger partial charge on any atom is -0.396 e. The van der Waals surface area contributed by atoms with Gasteiger partial charge < -0.3 is 15.3 Å². The van der Waals surface area contributed by atoms with Crippen molar-refractivity contribution in [2.45, 2.75) is 25.7 Å². The van der Waals surface area contributed by atoms with Gasteiger partial charge in [-0.05, 0) is 32.9 Å². The quantitative estimate of drug-likeness (QED) is 0.553. The predicted octanol–water partition coefficient (Wildman–Crippen LogP) is 0.217. The molecule has 0 aliphatic carbocycles. The van der Waals surface area contributed by atoms with E-state index in [4.69, 9.17) is 5.11 Å². The molecule has 2 N–H and O–H groups in total. The molecule has 0 aromatic heterocycles. The highest BCUT2D eigenvalue weighted by Gasteiger charge is 2.06. The summed E-state index contributed by atoms with van der Waals surface area (Å²) in [5, 5.41) is 11.6. The molecule has 0 fully saturated rings. The summed E-state index contributed by atoms with van der Waals surface area (Å²) in [7, 11) is 3.74. The average molecular weight is 202 g/mol. The van der Waals surface area contributed by atoms with E-state index in [1.165, 1.54) is 0 Å². The molecule has 1 amide bonds. The van der Waals surface area contributed by atoms with Gasteiger partial charge in [0.2, 0.25) is 5.91 Å². The van der Waals surface area contributed by atoms with Crippen molar-refractivity contribution in [1.29, 1.82) is 0 Å². The number of carbonyl (C=O) groups is 1. The van der Waals surface area contributed by atoms with Crippen molar-refractivity contribution < 1.29 is 9.90 Å². The van der Waals surface area contributed by atoms with Gasteiger partial charge in [0.1, 0.15) is 0 Å². The number of unbranched alkanes of at least 4 members (excludes halogenated alkanes) is 1. The lowest BCUT2D eigenvalue weighted by atomic mass is 10.2. The van der Waals surface area contributed by atoms with Gasteiger partial charge in [-0.1, -0.05) is 0 Å². The van der Waals surface area contributed by atoms with E-state index < -0.39 is 0 Å². The van der Waals surface area contributed by atoms with E-state index in [9.17, 15) is 4.79 Å². The summed E-state index contributed by atoms with van der Waals surface area (Å²) in [5.41, 5.74) is 0. The van der Waals surface area contributed by atoms with E-state index in [-0.39, 0.29) is 12.5 Å². The van der Waals surface area contributed by atoms with Crippen LogP contribution in [0, 0.1) is 0 Å². The maximum Gasteiger partial charge on any atom is 0.222 e. The standard InChI is InChI=1S/C10H22N2O2/c1-11-7-5-8-12(2)10(14)6-3-4-9-13/h11,13H,3-9H2,1-2H3. The third-order valence-electron chi connectivity index (χ3n) is 2.14. The van der Waals surface area contributed by atoms with Crippen molar-refractivity contribution in [3.8, 4) is 0 Å². The Morgan fingerprint density at radius 1 is 1.36 bits per heavy atom. The normalized spacial score (nSPS) is 10.2. The lowest BCUT2D eigenvalue weighted by molar-refractivity contribution is -0.130. The molecule has 0 aromatic rings. The SMILES string of the molecule is CNCCCN(C)C(=O)CCCCO. The fourth-order valence-electron chi connectivity index (χ4n) is 1.20. The maximum atomic E-state index is 11.4. The molecule has 0 saturated carbocycles. The van der Waals surface area contributed by atoms with E-state index in [0.29, 0.717) is 6.42 Å². The van der Waals surface area contributed by atoms with Crippen molar-refractivity contribution in [1.82, 2.24) is 10.2 Å². The molecule has 0 saturated heterocycles. The topological polar surface area (TPSA) is 52.6 Å². The molecule has 4 nitrogen and oxygen atoms in total. The van der Waals surface area contributed by atoms with Crippen molar-refractivity contribution >= 4 is 5.91 Å². The van der Waals surface area contributed by atoms with Crippen LogP contribution >= 0.6 is 0 Å². The second-order valence-corrected chi connectivity index (χ2v) is 3.45. The Morgan fingerprint density at radius 3 is 2.64 bits per heavy atom. The molecule has 4 heteroatoms. The lowest BCUT2D eigenvalue weighted by Gasteiger charge is -2.16. The van der Waals surface area contributed by atoms with Crippen LogP contribution in [-0.2, 0) is 4.79 Å². The van der Waals surface area contributed by atoms with E-state index in [0.717, 1.165) is 32.4 Å². The Hall–Kier alpha value is -0.610. The summed E-state index contributed by atoms with van der Waals surface area (Å²) >= 11 is 0. The Kier molecular flexibility index (Phi) is 8.57. The van der Waals surface area contributed by atoms with Gasteiger partial charge in [0.05, 0.1) is 0 Å². The van der Waals surface area contributed by atoms with Crippen LogP contribution in [0.5, 0.6) is 0 Å². The Morgan fingerprint density at radius 2 is 2.07 bits per heavy atom. The van der Waals surface area contributed by atoms with Crippen LogP contribution in [0.1, 0.15) is 25.7 Å². The number of nitrogens with zero attached hydrogens (tertiary/aromatic N) is 1. The monoisotopic (exact) mass is 202 g/mol. The maximum absolute atomic E-state index is 11.4. The van der Waals surface area contributed by atoms with E-state index in [1.54, 1.807) is 4.90 Å². The molecule has 84 valence electrons. The Balaban J connectivity index is 3.44. The molecular formula is C10H22N2O2. The van der Waals surface area contributed by atoms with Gasteiger partial charge in [-0.2, -0.15) is 0 Å². The van der Waals surface area contributed by atoms with E-state index in [2.05, 4.69) is 5.32 Å². The molecule has 0 aromatic carbocycles. The van der Waals surface area contributed by atoms with Gasteiger partial charge in [-0.3, -0.25) is 4.79 Å². The molecule has 14 heavy (non-hydrogen) atoms. The van der Waals surface area contributed by atoms with Gasteiger partial charge in [0.15, 0.2) is 0 Å². The molecule has 0 atom stereocenters. The third kappa shape index (κ3) is 6.86. The van der Waals surface area contributed by atoms with E-state index in [1.807, 2.05) is 14.1 Å². The predicted molar refractivity (Wildman–Crippen MR) is 57.1 cm³/mol. The summed E-state index contributed by atoms with van der Waals surface area (Å²) in [6, 6.07) is 0. The molecule has 0 unspecified atom stereocenters. The first kappa shape index (κ1) is 13.4. The first-order valence-electron chi connectivity index (χ1n) is 5.21. The van der Waals surface area contributed by atoms with Crippen molar-refractivity contribution in [2.75, 3.05) is 33.8 Å². The number of hydrogen-bond acceptors (Lipinski definition) is 3. The summed E-state index contributed by atoms with van der Waals surface area (Å²) in [4.78, 5) is 13.2. The van der Waals surface area contributed by atoms with Crippen LogP contribution < -0.4 is 5.32 Å². The Labute approximate surface area is 86.3 Å². The van der Waals surface area contributed by atoms with Gasteiger partial charge in [-0.25, -0.2) is 0 Å². The Bertz CT molecular complexity index is 151. The average Bonchev–Trinajstić information content (AvgIpc) is 2.18. The number of aliphatic hydroxyl groups is 1. The zero-order chi connectivity index (χ0) is 10.8. The highest BCUT2D eigenvalue weighted by atomic mass is 16.3. The van der Waals surface area contributed by atoms with Crippen LogP contribution in [-0.4, -0.2) is 49.7 Å². The number of amides is 1. The van der Waals surface area contributed by atoms with Gasteiger partial charge in [0, 0.05) is 26.6 Å². The van der Waals surface area contributed by atoms with Gasteiger partial charge in [0.25, 0.3) is 0 Å². The molecule has 0 spiro atoms. The first-order valence-corrected chi connectivity index (χ1v) is 5.21. The first-order chi connectivity index (χ1) is 6.72. The van der Waals surface area contributed by atoms with E-state index >= 15 is 0 Å². The molecule has 0 aliphatic rings. The largest absolute Gasteiger partial charge is 0.396 e. The molecule has 0 aliphatic heterocycles. The fraction of sp³-hybridized carbons (Fsp3) is 0.900. The minimum absolute atomic E-state index is 0.176. The van der Waals surface area contributed by atoms with Crippen molar-refractivity contribution in [2.24, 2.45) is 0 Å². The van der Waals surface area contributed by atoms with Crippen LogP contribution in [0.15, 0.2) is 0 Å². The molecule has 0 bridgehead atoms. The van der Waals surface area contributed by atoms with Crippen LogP contribution in [0.25, 0.3) is 0 Å². The lowest BCUT2D eigenvalue weighted by Crippen LogP contribution is -2.29. The van der Waals surface area contributed by atoms with Crippen LogP contribution in [0.3, 0.4) is 0 Å². The molecule has 0 radical (unpaired) electrons. The highest BCUT2D eigenvalue weighted by molar-refractivity contribution is 5.75. The third-order valence-corrected chi connectivity index (χ3v) is 2.14. The second-order valence-electron chi connectivity index (χ2n) is 3.45. The number of carbonyl (C=O) groups excluding carboxylic acids is 1.